The van der Waals surface area contributed by atoms with Gasteiger partial charge in [-0.3, -0.25) is 0 Å². The van der Waals surface area contributed by atoms with Crippen molar-refractivity contribution in [3.8, 4) is 11.5 Å². The van der Waals surface area contributed by atoms with E-state index in [0.29, 0.717) is 41.9 Å². The molecule has 114 valence electrons. The lowest BCUT2D eigenvalue weighted by Crippen LogP contribution is -2.01. The van der Waals surface area contributed by atoms with Crippen molar-refractivity contribution in [1.29, 1.82) is 0 Å². The summed E-state index contributed by atoms with van der Waals surface area (Å²) in [4.78, 5) is 0. The van der Waals surface area contributed by atoms with Gasteiger partial charge in [-0.05, 0) is 18.6 Å². The van der Waals surface area contributed by atoms with Crippen molar-refractivity contribution in [3.05, 3.63) is 35.5 Å². The van der Waals surface area contributed by atoms with E-state index in [2.05, 4.69) is 10.2 Å². The quantitative estimate of drug-likeness (QED) is 0.805. The molecule has 2 rings (SSSR count). The zero-order valence-corrected chi connectivity index (χ0v) is 12.3. The second kappa shape index (κ2) is 7.64. The highest BCUT2D eigenvalue weighted by Gasteiger charge is 2.09. The zero-order chi connectivity index (χ0) is 15.1. The Kier molecular flexibility index (Phi) is 5.57. The topological polar surface area (TPSA) is 77.6 Å². The summed E-state index contributed by atoms with van der Waals surface area (Å²) in [6.07, 6.45) is 1.62. The van der Waals surface area contributed by atoms with Crippen molar-refractivity contribution in [2.75, 3.05) is 6.61 Å². The Labute approximate surface area is 123 Å². The van der Waals surface area contributed by atoms with E-state index >= 15 is 0 Å². The second-order valence-corrected chi connectivity index (χ2v) is 4.51. The molecular weight excluding hydrogens is 272 g/mol. The van der Waals surface area contributed by atoms with Crippen LogP contribution in [0.25, 0.3) is 0 Å². The number of aromatic nitrogens is 2. The van der Waals surface area contributed by atoms with Gasteiger partial charge in [0.05, 0.1) is 13.2 Å². The van der Waals surface area contributed by atoms with Gasteiger partial charge in [0.15, 0.2) is 6.61 Å². The van der Waals surface area contributed by atoms with Gasteiger partial charge in [-0.2, -0.15) is 0 Å². The molecule has 6 nitrogen and oxygen atoms in total. The molecule has 0 aliphatic heterocycles. The molecule has 0 radical (unpaired) electrons. The van der Waals surface area contributed by atoms with Crippen LogP contribution in [0.2, 0.25) is 0 Å². The Bertz CT molecular complexity index is 569. The summed E-state index contributed by atoms with van der Waals surface area (Å²) >= 11 is 0. The van der Waals surface area contributed by atoms with Crippen LogP contribution in [0.1, 0.15) is 37.6 Å². The third-order valence-corrected chi connectivity index (χ3v) is 2.84. The second-order valence-electron chi connectivity index (χ2n) is 4.51. The van der Waals surface area contributed by atoms with Gasteiger partial charge >= 0.3 is 0 Å². The third kappa shape index (κ3) is 4.19. The molecule has 2 aromatic rings. The van der Waals surface area contributed by atoms with E-state index in [-0.39, 0.29) is 13.2 Å². The van der Waals surface area contributed by atoms with Gasteiger partial charge in [0.2, 0.25) is 5.89 Å². The highest BCUT2D eigenvalue weighted by atomic mass is 16.5. The zero-order valence-electron chi connectivity index (χ0n) is 12.3. The van der Waals surface area contributed by atoms with Crippen molar-refractivity contribution in [3.63, 3.8) is 0 Å². The van der Waals surface area contributed by atoms with Crippen LogP contribution in [0.3, 0.4) is 0 Å². The molecule has 0 saturated heterocycles. The summed E-state index contributed by atoms with van der Waals surface area (Å²) < 4.78 is 16.6. The number of aryl methyl sites for hydroxylation is 1. The SMILES string of the molecule is CCCOc1ccc(CO)c(OCc2nnc(CC)o2)c1. The average molecular weight is 292 g/mol. The van der Waals surface area contributed by atoms with Crippen molar-refractivity contribution < 1.29 is 19.0 Å². The van der Waals surface area contributed by atoms with Gasteiger partial charge in [0.1, 0.15) is 11.5 Å². The number of nitrogens with zero attached hydrogens (tertiary/aromatic N) is 2. The molecule has 0 unspecified atom stereocenters. The summed E-state index contributed by atoms with van der Waals surface area (Å²) in [7, 11) is 0. The fraction of sp³-hybridized carbons (Fsp3) is 0.467. The molecule has 21 heavy (non-hydrogen) atoms. The summed E-state index contributed by atoms with van der Waals surface area (Å²) in [5.74, 6) is 2.26. The van der Waals surface area contributed by atoms with E-state index in [4.69, 9.17) is 13.9 Å². The van der Waals surface area contributed by atoms with Gasteiger partial charge in [-0.1, -0.05) is 13.8 Å². The van der Waals surface area contributed by atoms with Crippen molar-refractivity contribution in [1.82, 2.24) is 10.2 Å². The molecule has 0 aliphatic carbocycles. The molecule has 0 aliphatic rings. The molecular formula is C15H20N2O4. The highest BCUT2D eigenvalue weighted by molar-refractivity contribution is 5.40. The third-order valence-electron chi connectivity index (χ3n) is 2.84. The Morgan fingerprint density at radius 2 is 1.95 bits per heavy atom. The monoisotopic (exact) mass is 292 g/mol. The van der Waals surface area contributed by atoms with Crippen molar-refractivity contribution in [2.45, 2.75) is 39.9 Å². The van der Waals surface area contributed by atoms with E-state index in [1.165, 1.54) is 0 Å². The van der Waals surface area contributed by atoms with Gasteiger partial charge < -0.3 is 19.0 Å². The standard InChI is InChI=1S/C15H20N2O4/c1-3-7-19-12-6-5-11(9-18)13(8-12)20-10-15-17-16-14(4-2)21-15/h5-6,8,18H,3-4,7,9-10H2,1-2H3. The first-order chi connectivity index (χ1) is 10.3. The Hall–Kier alpha value is -2.08. The van der Waals surface area contributed by atoms with E-state index in [0.717, 1.165) is 6.42 Å². The van der Waals surface area contributed by atoms with Crippen LogP contribution < -0.4 is 9.47 Å². The fourth-order valence-electron chi connectivity index (χ4n) is 1.74. The number of rotatable bonds is 8. The van der Waals surface area contributed by atoms with E-state index < -0.39 is 0 Å². The van der Waals surface area contributed by atoms with Crippen LogP contribution in [0.15, 0.2) is 22.6 Å². The first kappa shape index (κ1) is 15.3. The Morgan fingerprint density at radius 1 is 1.14 bits per heavy atom. The van der Waals surface area contributed by atoms with E-state index in [9.17, 15) is 5.11 Å². The van der Waals surface area contributed by atoms with Gasteiger partial charge in [0, 0.05) is 18.1 Å². The molecule has 0 fully saturated rings. The molecule has 0 spiro atoms. The normalized spacial score (nSPS) is 10.6. The average Bonchev–Trinajstić information content (AvgIpc) is 2.99. The lowest BCUT2D eigenvalue weighted by Gasteiger charge is -2.11. The van der Waals surface area contributed by atoms with Crippen LogP contribution in [0.4, 0.5) is 0 Å². The maximum absolute atomic E-state index is 9.35. The summed E-state index contributed by atoms with van der Waals surface area (Å²) in [5, 5.41) is 17.1. The minimum Gasteiger partial charge on any atom is -0.493 e. The van der Waals surface area contributed by atoms with Gasteiger partial charge in [-0.25, -0.2) is 0 Å². The molecule has 0 amide bonds. The highest BCUT2D eigenvalue weighted by Crippen LogP contribution is 2.26. The molecule has 1 N–H and O–H groups in total. The number of benzene rings is 1. The summed E-state index contributed by atoms with van der Waals surface area (Å²) in [6.45, 7) is 4.68. The molecule has 1 aromatic heterocycles. The number of aliphatic hydroxyl groups excluding tert-OH is 1. The number of hydrogen-bond acceptors (Lipinski definition) is 6. The minimum absolute atomic E-state index is 0.104. The van der Waals surface area contributed by atoms with Gasteiger partial charge in [-0.15, -0.1) is 10.2 Å². The van der Waals surface area contributed by atoms with Crippen molar-refractivity contribution >= 4 is 0 Å². The van der Waals surface area contributed by atoms with Crippen LogP contribution >= 0.6 is 0 Å². The molecule has 1 heterocycles. The number of aliphatic hydroxyl groups is 1. The Balaban J connectivity index is 2.05. The van der Waals surface area contributed by atoms with Crippen LogP contribution in [0.5, 0.6) is 11.5 Å². The van der Waals surface area contributed by atoms with Crippen LogP contribution in [0, 0.1) is 0 Å². The Morgan fingerprint density at radius 3 is 2.62 bits per heavy atom. The lowest BCUT2D eigenvalue weighted by atomic mass is 10.2. The first-order valence-corrected chi connectivity index (χ1v) is 7.07. The fourth-order valence-corrected chi connectivity index (χ4v) is 1.74. The maximum atomic E-state index is 9.35. The van der Waals surface area contributed by atoms with Crippen LogP contribution in [-0.2, 0) is 19.6 Å². The molecule has 6 heteroatoms. The predicted molar refractivity (Wildman–Crippen MR) is 76.2 cm³/mol. The first-order valence-electron chi connectivity index (χ1n) is 7.07. The summed E-state index contributed by atoms with van der Waals surface area (Å²) in [6, 6.07) is 5.36. The van der Waals surface area contributed by atoms with Gasteiger partial charge in [0.25, 0.3) is 5.89 Å². The molecule has 0 atom stereocenters. The molecule has 1 aromatic carbocycles. The maximum Gasteiger partial charge on any atom is 0.253 e. The lowest BCUT2D eigenvalue weighted by molar-refractivity contribution is 0.237. The van der Waals surface area contributed by atoms with Crippen molar-refractivity contribution in [2.24, 2.45) is 0 Å². The number of ether oxygens (including phenoxy) is 2. The smallest absolute Gasteiger partial charge is 0.253 e. The van der Waals surface area contributed by atoms with Crippen LogP contribution in [-0.4, -0.2) is 21.9 Å². The summed E-state index contributed by atoms with van der Waals surface area (Å²) in [5.41, 5.74) is 0.689. The number of hydrogen-bond donors (Lipinski definition) is 1. The van der Waals surface area contributed by atoms with E-state index in [1.807, 2.05) is 19.9 Å². The molecule has 0 bridgehead atoms. The minimum atomic E-state index is -0.104. The largest absolute Gasteiger partial charge is 0.493 e. The molecule has 0 saturated carbocycles. The van der Waals surface area contributed by atoms with E-state index in [1.54, 1.807) is 12.1 Å². The predicted octanol–water partition coefficient (Wildman–Crippen LogP) is 2.49.